The molecule has 0 amide bonds. The predicted octanol–water partition coefficient (Wildman–Crippen LogP) is 7.20. The monoisotopic (exact) mass is 417 g/mol. The van der Waals surface area contributed by atoms with Crippen LogP contribution in [-0.4, -0.2) is 25.1 Å². The van der Waals surface area contributed by atoms with Gasteiger partial charge in [0.05, 0.1) is 6.07 Å². The Hall–Kier alpha value is -0.250. The van der Waals surface area contributed by atoms with E-state index in [2.05, 4.69) is 13.0 Å². The molecule has 150 valence electrons. The summed E-state index contributed by atoms with van der Waals surface area (Å²) < 4.78 is 0.0787. The molecule has 1 N–H and O–H groups in total. The number of unbranched alkanes of at least 4 members (excludes halogenated alkanes) is 9. The third kappa shape index (κ3) is 13.9. The summed E-state index contributed by atoms with van der Waals surface area (Å²) in [6.07, 6.45) is 14.2. The van der Waals surface area contributed by atoms with Crippen molar-refractivity contribution in [2.45, 2.75) is 102 Å². The van der Waals surface area contributed by atoms with Gasteiger partial charge in [0.1, 0.15) is 8.28 Å². The van der Waals surface area contributed by atoms with E-state index in [1.54, 1.807) is 11.8 Å². The van der Waals surface area contributed by atoms with E-state index in [4.69, 9.17) is 17.3 Å². The molecule has 1 unspecified atom stereocenters. The van der Waals surface area contributed by atoms with Gasteiger partial charge in [0.15, 0.2) is 0 Å². The Balaban J connectivity index is 3.77. The van der Waals surface area contributed by atoms with Gasteiger partial charge in [0.2, 0.25) is 0 Å². The van der Waals surface area contributed by atoms with Crippen LogP contribution in [0.3, 0.4) is 0 Å². The highest BCUT2D eigenvalue weighted by Gasteiger charge is 2.31. The van der Waals surface area contributed by atoms with Gasteiger partial charge < -0.3 is 5.11 Å². The Kier molecular flexibility index (Phi) is 16.7. The van der Waals surface area contributed by atoms with Crippen molar-refractivity contribution in [1.82, 2.24) is 0 Å². The highest BCUT2D eigenvalue weighted by molar-refractivity contribution is 8.47. The summed E-state index contributed by atoms with van der Waals surface area (Å²) in [4.78, 5) is 10.8. The molecule has 0 aromatic rings. The fraction of sp³-hybridized carbons (Fsp3) is 0.850. The van der Waals surface area contributed by atoms with Crippen molar-refractivity contribution in [2.24, 2.45) is 0 Å². The molecule has 0 aliphatic rings. The zero-order valence-electron chi connectivity index (χ0n) is 16.4. The molecule has 0 radical (unpaired) electrons. The lowest BCUT2D eigenvalue weighted by atomic mass is 10.0. The SMILES string of the molecule is CCCCCCCCCCCCSC(=S)SC(C#N)(CC)CCC(=O)O. The number of carbonyl (C=O) groups is 1. The molecule has 0 heterocycles. The van der Waals surface area contributed by atoms with Gasteiger partial charge in [-0.3, -0.25) is 4.79 Å². The maximum Gasteiger partial charge on any atom is 0.303 e. The summed E-state index contributed by atoms with van der Waals surface area (Å²) in [7, 11) is 0. The van der Waals surface area contributed by atoms with Crippen LogP contribution in [0.1, 0.15) is 97.3 Å². The van der Waals surface area contributed by atoms with E-state index >= 15 is 0 Å². The number of carboxylic acids is 1. The van der Waals surface area contributed by atoms with Gasteiger partial charge in [-0.1, -0.05) is 95.6 Å². The van der Waals surface area contributed by atoms with Crippen LogP contribution in [0.25, 0.3) is 0 Å². The summed E-state index contributed by atoms with van der Waals surface area (Å²) in [6, 6.07) is 2.29. The van der Waals surface area contributed by atoms with E-state index in [1.807, 2.05) is 6.92 Å². The second-order valence-corrected chi connectivity index (χ2v) is 10.4. The molecule has 3 nitrogen and oxygen atoms in total. The first kappa shape index (κ1) is 25.8. The number of hydrogen-bond donors (Lipinski definition) is 1. The molecule has 1 atom stereocenters. The lowest BCUT2D eigenvalue weighted by Gasteiger charge is -2.23. The van der Waals surface area contributed by atoms with Gasteiger partial charge in [-0.05, 0) is 25.0 Å². The van der Waals surface area contributed by atoms with Gasteiger partial charge in [0, 0.05) is 6.42 Å². The molecule has 0 saturated heterocycles. The van der Waals surface area contributed by atoms with Crippen LogP contribution >= 0.6 is 35.7 Å². The molecule has 0 fully saturated rings. The van der Waals surface area contributed by atoms with Crippen molar-refractivity contribution >= 4 is 45.2 Å². The Morgan fingerprint density at radius 1 is 1.04 bits per heavy atom. The molecule has 0 aromatic heterocycles. The molecule has 6 heteroatoms. The average molecular weight is 418 g/mol. The minimum absolute atomic E-state index is 0.0140. The van der Waals surface area contributed by atoms with Crippen LogP contribution in [0.5, 0.6) is 0 Å². The maximum absolute atomic E-state index is 10.8. The summed E-state index contributed by atoms with van der Waals surface area (Å²) in [6.45, 7) is 4.18. The highest BCUT2D eigenvalue weighted by atomic mass is 32.2. The van der Waals surface area contributed by atoms with Crippen molar-refractivity contribution in [3.05, 3.63) is 0 Å². The van der Waals surface area contributed by atoms with Crippen molar-refractivity contribution < 1.29 is 9.90 Å². The number of hydrogen-bond acceptors (Lipinski definition) is 5. The zero-order valence-corrected chi connectivity index (χ0v) is 18.9. The third-order valence-electron chi connectivity index (χ3n) is 4.51. The van der Waals surface area contributed by atoms with Gasteiger partial charge in [0.25, 0.3) is 0 Å². The zero-order chi connectivity index (χ0) is 19.7. The minimum Gasteiger partial charge on any atom is -0.481 e. The number of carboxylic acid groups (broad SMARTS) is 1. The Morgan fingerprint density at radius 3 is 2.04 bits per heavy atom. The molecule has 0 spiro atoms. The number of aliphatic carboxylic acids is 1. The molecule has 0 aliphatic carbocycles. The number of rotatable bonds is 16. The van der Waals surface area contributed by atoms with Crippen LogP contribution in [0.4, 0.5) is 0 Å². The summed E-state index contributed by atoms with van der Waals surface area (Å²) >= 11 is 8.44. The van der Waals surface area contributed by atoms with Crippen LogP contribution in [0.15, 0.2) is 0 Å². The highest BCUT2D eigenvalue weighted by Crippen LogP contribution is 2.37. The molecule has 0 bridgehead atoms. The van der Waals surface area contributed by atoms with Crippen molar-refractivity contribution in [3.63, 3.8) is 0 Å². The number of thiocarbonyl (C=S) groups is 1. The van der Waals surface area contributed by atoms with E-state index in [9.17, 15) is 10.1 Å². The first-order chi connectivity index (χ1) is 12.5. The fourth-order valence-corrected chi connectivity index (χ4v) is 5.62. The van der Waals surface area contributed by atoms with Crippen molar-refractivity contribution in [2.75, 3.05) is 5.75 Å². The van der Waals surface area contributed by atoms with E-state index in [-0.39, 0.29) is 6.42 Å². The number of nitrogens with zero attached hydrogens (tertiary/aromatic N) is 1. The van der Waals surface area contributed by atoms with Crippen LogP contribution in [0, 0.1) is 11.3 Å². The minimum atomic E-state index is -0.859. The Labute approximate surface area is 174 Å². The van der Waals surface area contributed by atoms with Gasteiger partial charge in [-0.25, -0.2) is 0 Å². The van der Waals surface area contributed by atoms with E-state index in [1.165, 1.54) is 69.5 Å². The second kappa shape index (κ2) is 16.9. The van der Waals surface area contributed by atoms with Gasteiger partial charge in [-0.2, -0.15) is 5.26 Å². The van der Waals surface area contributed by atoms with Crippen molar-refractivity contribution in [3.8, 4) is 6.07 Å². The molecule has 26 heavy (non-hydrogen) atoms. The summed E-state index contributed by atoms with van der Waals surface area (Å²) in [5.74, 6) is 0.134. The quantitative estimate of drug-likeness (QED) is 0.212. The Bertz CT molecular complexity index is 437. The lowest BCUT2D eigenvalue weighted by Crippen LogP contribution is -2.24. The van der Waals surface area contributed by atoms with Crippen LogP contribution < -0.4 is 0 Å². The predicted molar refractivity (Wildman–Crippen MR) is 120 cm³/mol. The molecule has 0 rings (SSSR count). The number of nitriles is 1. The normalized spacial score (nSPS) is 13.1. The topological polar surface area (TPSA) is 61.1 Å². The standard InChI is InChI=1S/C20H35NO2S3/c1-3-5-6-7-8-9-10-11-12-13-16-25-19(24)26-20(4-2,17-21)15-14-18(22)23/h3-16H2,1-2H3,(H,22,23). The van der Waals surface area contributed by atoms with Gasteiger partial charge >= 0.3 is 5.97 Å². The van der Waals surface area contributed by atoms with E-state index in [0.29, 0.717) is 12.8 Å². The first-order valence-electron chi connectivity index (χ1n) is 9.98. The molecular formula is C20H35NO2S3. The summed E-state index contributed by atoms with van der Waals surface area (Å²) in [5, 5.41) is 18.3. The average Bonchev–Trinajstić information content (AvgIpc) is 2.63. The molecule has 0 aromatic carbocycles. The van der Waals surface area contributed by atoms with Crippen LogP contribution in [-0.2, 0) is 4.79 Å². The summed E-state index contributed by atoms with van der Waals surface area (Å²) in [5.41, 5.74) is 0. The lowest BCUT2D eigenvalue weighted by molar-refractivity contribution is -0.137. The third-order valence-corrected chi connectivity index (χ3v) is 7.59. The largest absolute Gasteiger partial charge is 0.481 e. The first-order valence-corrected chi connectivity index (χ1v) is 12.2. The second-order valence-electron chi connectivity index (χ2n) is 6.74. The van der Waals surface area contributed by atoms with E-state index < -0.39 is 10.7 Å². The maximum atomic E-state index is 10.8. The molecule has 0 aliphatic heterocycles. The smallest absolute Gasteiger partial charge is 0.303 e. The van der Waals surface area contributed by atoms with Crippen LogP contribution in [0.2, 0.25) is 0 Å². The van der Waals surface area contributed by atoms with Crippen molar-refractivity contribution in [1.29, 1.82) is 5.26 Å². The Morgan fingerprint density at radius 2 is 1.58 bits per heavy atom. The van der Waals surface area contributed by atoms with E-state index in [0.717, 1.165) is 15.7 Å². The fourth-order valence-electron chi connectivity index (χ4n) is 2.70. The molecule has 0 saturated carbocycles. The van der Waals surface area contributed by atoms with Gasteiger partial charge in [-0.15, -0.1) is 11.8 Å². The number of thioether (sulfide) groups is 2. The molecular weight excluding hydrogens is 382 g/mol.